The Labute approximate surface area is 145 Å². The van der Waals surface area contributed by atoms with Crippen LogP contribution in [0.15, 0.2) is 18.2 Å². The summed E-state index contributed by atoms with van der Waals surface area (Å²) >= 11 is 0. The summed E-state index contributed by atoms with van der Waals surface area (Å²) in [6.07, 6.45) is 0.689. The normalized spacial score (nSPS) is 33.3. The number of fused-ring (bicyclic) bond motifs is 2. The van der Waals surface area contributed by atoms with Gasteiger partial charge in [0.1, 0.15) is 6.04 Å². The van der Waals surface area contributed by atoms with E-state index in [2.05, 4.69) is 21.6 Å². The Balaban J connectivity index is 1.33. The second-order valence-electron chi connectivity index (χ2n) is 7.36. The lowest BCUT2D eigenvalue weighted by molar-refractivity contribution is -0.136. The summed E-state index contributed by atoms with van der Waals surface area (Å²) in [7, 11) is 0. The lowest BCUT2D eigenvalue weighted by Crippen LogP contribution is -2.52. The van der Waals surface area contributed by atoms with Crippen molar-refractivity contribution >= 4 is 17.7 Å². The molecule has 0 radical (unpaired) electrons. The van der Waals surface area contributed by atoms with Crippen LogP contribution in [-0.2, 0) is 22.7 Å². The zero-order chi connectivity index (χ0) is 17.1. The number of amides is 3. The lowest BCUT2D eigenvalue weighted by atomic mass is 10.0. The van der Waals surface area contributed by atoms with Crippen LogP contribution >= 0.6 is 0 Å². The zero-order valence-corrected chi connectivity index (χ0v) is 13.8. The van der Waals surface area contributed by atoms with Crippen LogP contribution in [0, 0.1) is 0 Å². The first-order valence-corrected chi connectivity index (χ1v) is 8.85. The molecule has 4 aliphatic rings. The first kappa shape index (κ1) is 15.0. The molecule has 130 valence electrons. The van der Waals surface area contributed by atoms with E-state index in [0.717, 1.165) is 30.8 Å². The Morgan fingerprint density at radius 1 is 1.12 bits per heavy atom. The summed E-state index contributed by atoms with van der Waals surface area (Å²) in [5.41, 5.74) is 2.81. The van der Waals surface area contributed by atoms with E-state index < -0.39 is 6.04 Å². The van der Waals surface area contributed by atoms with Gasteiger partial charge in [0, 0.05) is 50.2 Å². The Morgan fingerprint density at radius 3 is 2.68 bits per heavy atom. The number of carbonyl (C=O) groups is 3. The molecule has 5 rings (SSSR count). The first-order chi connectivity index (χ1) is 12.1. The van der Waals surface area contributed by atoms with Crippen LogP contribution in [0.2, 0.25) is 0 Å². The number of nitrogens with one attached hydrogen (secondary N) is 2. The van der Waals surface area contributed by atoms with Gasteiger partial charge in [0.25, 0.3) is 5.91 Å². The average molecular weight is 340 g/mol. The van der Waals surface area contributed by atoms with Crippen molar-refractivity contribution in [3.05, 3.63) is 34.9 Å². The van der Waals surface area contributed by atoms with E-state index >= 15 is 0 Å². The summed E-state index contributed by atoms with van der Waals surface area (Å²) in [6.45, 7) is 3.42. The Kier molecular flexibility index (Phi) is 3.23. The zero-order valence-electron chi connectivity index (χ0n) is 13.8. The van der Waals surface area contributed by atoms with Gasteiger partial charge in [0.2, 0.25) is 11.8 Å². The number of benzene rings is 1. The molecule has 7 heteroatoms. The minimum absolute atomic E-state index is 0.0981. The van der Waals surface area contributed by atoms with Gasteiger partial charge in [-0.25, -0.2) is 0 Å². The van der Waals surface area contributed by atoms with Crippen molar-refractivity contribution < 1.29 is 14.4 Å². The van der Waals surface area contributed by atoms with Crippen molar-refractivity contribution in [3.8, 4) is 0 Å². The fraction of sp³-hybridized carbons (Fsp3) is 0.500. The molecule has 7 nitrogen and oxygen atoms in total. The number of nitrogens with zero attached hydrogens (tertiary/aromatic N) is 2. The Bertz CT molecular complexity index is 783. The van der Waals surface area contributed by atoms with Crippen molar-refractivity contribution in [1.82, 2.24) is 20.4 Å². The fourth-order valence-corrected chi connectivity index (χ4v) is 4.42. The van der Waals surface area contributed by atoms with E-state index in [1.807, 2.05) is 12.1 Å². The minimum atomic E-state index is -0.543. The minimum Gasteiger partial charge on any atom is -0.322 e. The average Bonchev–Trinajstić information content (AvgIpc) is 2.95. The molecule has 1 aromatic carbocycles. The smallest absolute Gasteiger partial charge is 0.255 e. The van der Waals surface area contributed by atoms with Gasteiger partial charge in [0.05, 0.1) is 0 Å². The molecule has 3 amide bonds. The number of imide groups is 1. The van der Waals surface area contributed by atoms with Gasteiger partial charge in [-0.2, -0.15) is 0 Å². The maximum absolute atomic E-state index is 12.8. The molecule has 0 spiro atoms. The van der Waals surface area contributed by atoms with Crippen molar-refractivity contribution in [3.63, 3.8) is 0 Å². The van der Waals surface area contributed by atoms with Crippen molar-refractivity contribution in [2.75, 3.05) is 13.1 Å². The van der Waals surface area contributed by atoms with E-state index in [1.165, 1.54) is 0 Å². The van der Waals surface area contributed by atoms with E-state index in [0.29, 0.717) is 30.6 Å². The molecular formula is C18H20N4O3. The fourth-order valence-electron chi connectivity index (χ4n) is 4.42. The number of piperazine rings is 1. The van der Waals surface area contributed by atoms with E-state index in [4.69, 9.17) is 0 Å². The van der Waals surface area contributed by atoms with E-state index in [1.54, 1.807) is 4.90 Å². The summed E-state index contributed by atoms with van der Waals surface area (Å²) in [5.74, 6) is -0.715. The van der Waals surface area contributed by atoms with Crippen molar-refractivity contribution in [1.29, 1.82) is 0 Å². The number of rotatable bonds is 3. The van der Waals surface area contributed by atoms with Crippen LogP contribution in [-0.4, -0.2) is 58.7 Å². The SMILES string of the molecule is O=C1CCC(N2Cc3ccc(CN4C5CNCC54)cc3C2=O)C(=O)N1. The van der Waals surface area contributed by atoms with E-state index in [-0.39, 0.29) is 24.1 Å². The number of carbonyl (C=O) groups excluding carboxylic acids is 3. The van der Waals surface area contributed by atoms with Crippen LogP contribution in [0.1, 0.15) is 34.3 Å². The van der Waals surface area contributed by atoms with Gasteiger partial charge >= 0.3 is 0 Å². The summed E-state index contributed by atoms with van der Waals surface area (Å²) in [6, 6.07) is 6.81. The van der Waals surface area contributed by atoms with Gasteiger partial charge in [-0.1, -0.05) is 12.1 Å². The first-order valence-electron chi connectivity index (χ1n) is 8.85. The molecule has 3 fully saturated rings. The predicted molar refractivity (Wildman–Crippen MR) is 88.5 cm³/mol. The molecule has 4 aliphatic heterocycles. The van der Waals surface area contributed by atoms with E-state index in [9.17, 15) is 14.4 Å². The van der Waals surface area contributed by atoms with Gasteiger partial charge in [-0.3, -0.25) is 24.6 Å². The standard InChI is InChI=1S/C18H20N4O3/c23-16-4-3-13(17(24)20-16)22-9-11-2-1-10(5-12(11)18(22)25)8-21-14-6-19-7-15(14)21/h1-2,5,13-15,19H,3-4,6-9H2,(H,20,23,24). The van der Waals surface area contributed by atoms with Gasteiger partial charge in [0.15, 0.2) is 0 Å². The summed E-state index contributed by atoms with van der Waals surface area (Å²) in [4.78, 5) is 40.3. The maximum Gasteiger partial charge on any atom is 0.255 e. The monoisotopic (exact) mass is 340 g/mol. The highest BCUT2D eigenvalue weighted by atomic mass is 16.2. The molecule has 1 aromatic rings. The number of hydrogen-bond donors (Lipinski definition) is 2. The maximum atomic E-state index is 12.8. The quantitative estimate of drug-likeness (QED) is 0.578. The Hall–Kier alpha value is -2.25. The molecule has 25 heavy (non-hydrogen) atoms. The lowest BCUT2D eigenvalue weighted by Gasteiger charge is -2.29. The van der Waals surface area contributed by atoms with Crippen LogP contribution < -0.4 is 10.6 Å². The molecular weight excluding hydrogens is 320 g/mol. The molecule has 4 heterocycles. The summed E-state index contributed by atoms with van der Waals surface area (Å²) in [5, 5.41) is 5.71. The topological polar surface area (TPSA) is 81.5 Å². The summed E-state index contributed by atoms with van der Waals surface area (Å²) < 4.78 is 0. The third kappa shape index (κ3) is 2.38. The second kappa shape index (κ2) is 5.37. The van der Waals surface area contributed by atoms with Crippen molar-refractivity contribution in [2.24, 2.45) is 0 Å². The predicted octanol–water partition coefficient (Wildman–Crippen LogP) is -0.396. The third-order valence-corrected chi connectivity index (χ3v) is 5.87. The van der Waals surface area contributed by atoms with Crippen molar-refractivity contribution in [2.45, 2.75) is 44.1 Å². The molecule has 0 saturated carbocycles. The Morgan fingerprint density at radius 2 is 1.92 bits per heavy atom. The molecule has 2 N–H and O–H groups in total. The highest BCUT2D eigenvalue weighted by molar-refractivity contribution is 6.05. The third-order valence-electron chi connectivity index (χ3n) is 5.87. The number of piperidine rings is 1. The van der Waals surface area contributed by atoms with Crippen LogP contribution in [0.5, 0.6) is 0 Å². The van der Waals surface area contributed by atoms with Gasteiger partial charge < -0.3 is 10.2 Å². The molecule has 3 saturated heterocycles. The highest BCUT2D eigenvalue weighted by Gasteiger charge is 2.50. The molecule has 3 unspecified atom stereocenters. The largest absolute Gasteiger partial charge is 0.322 e. The molecule has 0 aromatic heterocycles. The van der Waals surface area contributed by atoms with Crippen LogP contribution in [0.4, 0.5) is 0 Å². The van der Waals surface area contributed by atoms with Gasteiger partial charge in [-0.05, 0) is 23.6 Å². The molecule has 3 atom stereocenters. The number of hydrogen-bond acceptors (Lipinski definition) is 5. The van der Waals surface area contributed by atoms with Crippen LogP contribution in [0.25, 0.3) is 0 Å². The molecule has 0 aliphatic carbocycles. The molecule has 0 bridgehead atoms. The highest BCUT2D eigenvalue weighted by Crippen LogP contribution is 2.34. The second-order valence-corrected chi connectivity index (χ2v) is 7.36. The van der Waals surface area contributed by atoms with Crippen LogP contribution in [0.3, 0.4) is 0 Å². The van der Waals surface area contributed by atoms with Gasteiger partial charge in [-0.15, -0.1) is 0 Å².